The second kappa shape index (κ2) is 5.60. The molecule has 0 bridgehead atoms. The van der Waals surface area contributed by atoms with Gasteiger partial charge in [-0.2, -0.15) is 0 Å². The first kappa shape index (κ1) is 19.9. The van der Waals surface area contributed by atoms with Crippen molar-refractivity contribution in [2.24, 2.45) is 4.78 Å². The fourth-order valence-corrected chi connectivity index (χ4v) is 53.3. The van der Waals surface area contributed by atoms with E-state index in [9.17, 15) is 5.53 Å². The van der Waals surface area contributed by atoms with Crippen molar-refractivity contribution in [1.82, 2.24) is 0 Å². The molecule has 0 saturated carbocycles. The number of hydrogen-bond donors (Lipinski definition) is 0. The Morgan fingerprint density at radius 1 is 0.850 bits per heavy atom. The van der Waals surface area contributed by atoms with Crippen molar-refractivity contribution in [3.05, 3.63) is 22.7 Å². The molecule has 0 aromatic heterocycles. The van der Waals surface area contributed by atoms with Crippen molar-refractivity contribution < 1.29 is 0 Å². The van der Waals surface area contributed by atoms with Gasteiger partial charge in [-0.15, -0.1) is 11.4 Å². The zero-order valence-electron chi connectivity index (χ0n) is 15.1. The summed E-state index contributed by atoms with van der Waals surface area (Å²) in [7, 11) is -6.91. The molecular weight excluding hydrogens is 311 g/mol. The Balaban J connectivity index is 6.95. The van der Waals surface area contributed by atoms with Gasteiger partial charge in [-0.3, -0.25) is 0 Å². The second-order valence-electron chi connectivity index (χ2n) is 9.04. The standard InChI is InChI=1S/C13H33N3Si4/c1-12-20(11,16-15-14)13(17(2,3)4,18(5,6)7)19(8,9)10/h12H,1H2,2-11H3. The molecule has 116 valence electrons. The Kier molecular flexibility index (Phi) is 5.58. The van der Waals surface area contributed by atoms with Crippen LogP contribution in [-0.4, -0.2) is 32.5 Å². The molecule has 1 unspecified atom stereocenters. The van der Waals surface area contributed by atoms with E-state index in [0.29, 0.717) is 0 Å². The maximum absolute atomic E-state index is 9.19. The number of nitrogens with zero attached hydrogens (tertiary/aromatic N) is 3. The van der Waals surface area contributed by atoms with Crippen molar-refractivity contribution in [1.29, 1.82) is 0 Å². The van der Waals surface area contributed by atoms with E-state index >= 15 is 0 Å². The summed E-state index contributed by atoms with van der Waals surface area (Å²) in [5.41, 5.74) is 11.3. The third-order valence-electron chi connectivity index (χ3n) is 4.78. The summed E-state index contributed by atoms with van der Waals surface area (Å²) in [4.78, 5) is 3.27. The van der Waals surface area contributed by atoms with Gasteiger partial charge in [0.25, 0.3) is 0 Å². The highest BCUT2D eigenvalue weighted by Crippen LogP contribution is 2.60. The lowest BCUT2D eigenvalue weighted by Gasteiger charge is -2.64. The van der Waals surface area contributed by atoms with E-state index in [2.05, 4.69) is 87.4 Å². The van der Waals surface area contributed by atoms with E-state index in [-0.39, 0.29) is 3.91 Å². The van der Waals surface area contributed by atoms with Crippen LogP contribution in [0.1, 0.15) is 0 Å². The van der Waals surface area contributed by atoms with E-state index in [4.69, 9.17) is 0 Å². The molecule has 0 amide bonds. The molecule has 0 aromatic carbocycles. The van der Waals surface area contributed by atoms with Crippen LogP contribution < -0.4 is 0 Å². The third-order valence-corrected chi connectivity index (χ3v) is 39.2. The van der Waals surface area contributed by atoms with Crippen molar-refractivity contribution >= 4 is 32.5 Å². The first-order valence-electron chi connectivity index (χ1n) is 7.32. The summed E-state index contributed by atoms with van der Waals surface area (Å²) in [5.74, 6) is 0. The molecule has 0 saturated heterocycles. The maximum atomic E-state index is 9.19. The summed E-state index contributed by atoms with van der Waals surface area (Å²) in [5, 5.41) is 0. The molecule has 0 aromatic rings. The molecule has 1 atom stereocenters. The normalized spacial score (nSPS) is 17.1. The maximum Gasteiger partial charge on any atom is 0.174 e. The highest BCUT2D eigenvalue weighted by atomic mass is 28.5. The average Bonchev–Trinajstić information content (AvgIpc) is 2.10. The van der Waals surface area contributed by atoms with Crippen LogP contribution in [0.15, 0.2) is 17.1 Å². The van der Waals surface area contributed by atoms with Gasteiger partial charge in [0.1, 0.15) is 0 Å². The van der Waals surface area contributed by atoms with E-state index < -0.39 is 32.5 Å². The molecular formula is C13H33N3Si4. The number of hydrogen-bond acceptors (Lipinski definition) is 1. The van der Waals surface area contributed by atoms with Crippen LogP contribution in [0.3, 0.4) is 0 Å². The van der Waals surface area contributed by atoms with Gasteiger partial charge in [-0.1, -0.05) is 71.2 Å². The number of rotatable bonds is 6. The molecule has 0 heterocycles. The van der Waals surface area contributed by atoms with E-state index in [1.807, 2.05) is 0 Å². The van der Waals surface area contributed by atoms with Crippen LogP contribution >= 0.6 is 0 Å². The molecule has 0 aliphatic heterocycles. The van der Waals surface area contributed by atoms with Crippen LogP contribution in [0.4, 0.5) is 0 Å². The fourth-order valence-electron chi connectivity index (χ4n) is 6.01. The molecule has 3 nitrogen and oxygen atoms in total. The monoisotopic (exact) mass is 343 g/mol. The van der Waals surface area contributed by atoms with Crippen LogP contribution in [0, 0.1) is 0 Å². The molecule has 0 aliphatic rings. The Morgan fingerprint density at radius 2 is 1.15 bits per heavy atom. The molecule has 0 N–H and O–H groups in total. The van der Waals surface area contributed by atoms with Gasteiger partial charge >= 0.3 is 0 Å². The van der Waals surface area contributed by atoms with Crippen LogP contribution in [0.5, 0.6) is 0 Å². The van der Waals surface area contributed by atoms with Crippen molar-refractivity contribution in [2.45, 2.75) is 69.4 Å². The third kappa shape index (κ3) is 2.78. The molecule has 0 rings (SSSR count). The van der Waals surface area contributed by atoms with Gasteiger partial charge in [0.05, 0.1) is 0 Å². The molecule has 0 spiro atoms. The summed E-state index contributed by atoms with van der Waals surface area (Å²) in [6.45, 7) is 28.7. The van der Waals surface area contributed by atoms with E-state index in [1.165, 1.54) is 0 Å². The Labute approximate surface area is 129 Å². The van der Waals surface area contributed by atoms with Gasteiger partial charge in [-0.25, -0.2) is 0 Å². The van der Waals surface area contributed by atoms with Gasteiger partial charge in [0.15, 0.2) is 8.24 Å². The average molecular weight is 344 g/mol. The Morgan fingerprint density at radius 3 is 1.30 bits per heavy atom. The van der Waals surface area contributed by atoms with Gasteiger partial charge in [0.2, 0.25) is 0 Å². The van der Waals surface area contributed by atoms with E-state index in [1.54, 1.807) is 0 Å². The van der Waals surface area contributed by atoms with Crippen LogP contribution in [0.25, 0.3) is 10.4 Å². The molecule has 0 radical (unpaired) electrons. The predicted molar refractivity (Wildman–Crippen MR) is 104 cm³/mol. The highest BCUT2D eigenvalue weighted by Gasteiger charge is 2.68. The Hall–Kier alpha value is -0.0825. The summed E-state index contributed by atoms with van der Waals surface area (Å²) in [6.07, 6.45) is 0. The highest BCUT2D eigenvalue weighted by molar-refractivity contribution is 7.30. The lowest BCUT2D eigenvalue weighted by Crippen LogP contribution is -2.75. The largest absolute Gasteiger partial charge is 0.174 e. The predicted octanol–water partition coefficient (Wildman–Crippen LogP) is 5.97. The first-order chi connectivity index (χ1) is 8.62. The van der Waals surface area contributed by atoms with Crippen molar-refractivity contribution in [3.8, 4) is 0 Å². The van der Waals surface area contributed by atoms with E-state index in [0.717, 1.165) is 0 Å². The minimum Gasteiger partial charge on any atom is -0.119 e. The lowest BCUT2D eigenvalue weighted by molar-refractivity contribution is 1.16. The molecule has 0 aliphatic carbocycles. The van der Waals surface area contributed by atoms with Gasteiger partial charge < -0.3 is 0 Å². The second-order valence-corrected chi connectivity index (χ2v) is 31.4. The molecule has 7 heteroatoms. The summed E-state index contributed by atoms with van der Waals surface area (Å²) in [6, 6.07) is 0. The zero-order valence-corrected chi connectivity index (χ0v) is 19.1. The van der Waals surface area contributed by atoms with Crippen LogP contribution in [0.2, 0.25) is 69.4 Å². The molecule has 0 fully saturated rings. The van der Waals surface area contributed by atoms with Gasteiger partial charge in [-0.05, 0) is 14.4 Å². The van der Waals surface area contributed by atoms with Crippen molar-refractivity contribution in [2.75, 3.05) is 0 Å². The first-order valence-corrected chi connectivity index (χ1v) is 20.3. The minimum absolute atomic E-state index is 0.286. The van der Waals surface area contributed by atoms with Crippen LogP contribution in [-0.2, 0) is 0 Å². The topological polar surface area (TPSA) is 48.8 Å². The smallest absolute Gasteiger partial charge is 0.119 e. The quantitative estimate of drug-likeness (QED) is 0.247. The minimum atomic E-state index is -2.25. The fraction of sp³-hybridized carbons (Fsp3) is 0.846. The van der Waals surface area contributed by atoms with Crippen molar-refractivity contribution in [3.63, 3.8) is 0 Å². The summed E-state index contributed by atoms with van der Waals surface area (Å²) < 4.78 is 4.74. The SMILES string of the molecule is C=C[Si](C)(N=[N+]=[N-])C([Si](C)(C)C)([Si](C)(C)C)[Si](C)(C)C. The number of azide groups is 1. The van der Waals surface area contributed by atoms with Gasteiger partial charge in [0, 0.05) is 24.2 Å². The lowest BCUT2D eigenvalue weighted by atomic mass is 11.3. The zero-order chi connectivity index (χ0) is 16.6. The summed E-state index contributed by atoms with van der Waals surface area (Å²) >= 11 is 0. The Bertz CT molecular complexity index is 386. The molecule has 20 heavy (non-hydrogen) atoms.